The molecule has 0 bridgehead atoms. The largest absolute Gasteiger partial charge is 0.465 e. The van der Waals surface area contributed by atoms with Crippen LogP contribution in [0, 0.1) is 0 Å². The highest BCUT2D eigenvalue weighted by Crippen LogP contribution is 2.07. The maximum absolute atomic E-state index is 10.3. The molecule has 1 N–H and O–H groups in total. The number of carbonyl (C=O) groups is 1. The van der Waals surface area contributed by atoms with E-state index < -0.39 is 6.09 Å². The molecule has 1 amide bonds. The van der Waals surface area contributed by atoms with Gasteiger partial charge in [0, 0.05) is 13.1 Å². The van der Waals surface area contributed by atoms with Crippen LogP contribution in [0.15, 0.2) is 0 Å². The molecule has 2 saturated heterocycles. The first-order valence-corrected chi connectivity index (χ1v) is 5.44. The third kappa shape index (κ3) is 5.59. The standard InChI is InChI=1S/C6H11NO2.C4H8O2/c8-6(9)7-4-2-1-3-5-7;1-2-6-4-3-5-1/h1-5H2,(H,8,9);1-4H2. The highest BCUT2D eigenvalue weighted by molar-refractivity contribution is 5.64. The van der Waals surface area contributed by atoms with Crippen LogP contribution in [0.2, 0.25) is 0 Å². The normalized spacial score (nSPS) is 21.5. The van der Waals surface area contributed by atoms with Gasteiger partial charge in [0.2, 0.25) is 0 Å². The molecule has 0 saturated carbocycles. The first-order valence-electron chi connectivity index (χ1n) is 5.44. The summed E-state index contributed by atoms with van der Waals surface area (Å²) < 4.78 is 9.89. The van der Waals surface area contributed by atoms with E-state index in [2.05, 4.69) is 0 Å². The van der Waals surface area contributed by atoms with Crippen LogP contribution in [0.1, 0.15) is 19.3 Å². The summed E-state index contributed by atoms with van der Waals surface area (Å²) in [5.74, 6) is 0. The minimum Gasteiger partial charge on any atom is -0.465 e. The zero-order chi connectivity index (χ0) is 10.9. The fourth-order valence-corrected chi connectivity index (χ4v) is 1.53. The fraction of sp³-hybridized carbons (Fsp3) is 0.900. The van der Waals surface area contributed by atoms with E-state index in [4.69, 9.17) is 14.6 Å². The van der Waals surface area contributed by atoms with E-state index in [1.165, 1.54) is 11.3 Å². The molecule has 0 spiro atoms. The summed E-state index contributed by atoms with van der Waals surface area (Å²) in [7, 11) is 0. The molecular formula is C10H19NO4. The molecule has 5 heteroatoms. The number of amides is 1. The van der Waals surface area contributed by atoms with Crippen LogP contribution in [0.4, 0.5) is 4.79 Å². The maximum Gasteiger partial charge on any atom is 0.407 e. The second kappa shape index (κ2) is 7.48. The van der Waals surface area contributed by atoms with Gasteiger partial charge in [0.1, 0.15) is 0 Å². The quantitative estimate of drug-likeness (QED) is 0.662. The van der Waals surface area contributed by atoms with Crippen molar-refractivity contribution in [2.24, 2.45) is 0 Å². The van der Waals surface area contributed by atoms with Crippen molar-refractivity contribution in [1.29, 1.82) is 0 Å². The summed E-state index contributed by atoms with van der Waals surface area (Å²) in [4.78, 5) is 11.8. The Bertz CT molecular complexity index is 165. The molecule has 0 atom stereocenters. The number of ether oxygens (including phenoxy) is 2. The van der Waals surface area contributed by atoms with Crippen molar-refractivity contribution in [2.75, 3.05) is 39.5 Å². The van der Waals surface area contributed by atoms with E-state index in [0.29, 0.717) is 0 Å². The summed E-state index contributed by atoms with van der Waals surface area (Å²) in [6, 6.07) is 0. The van der Waals surface area contributed by atoms with E-state index in [1.807, 2.05) is 0 Å². The number of hydrogen-bond donors (Lipinski definition) is 1. The molecule has 0 aliphatic carbocycles. The molecule has 88 valence electrons. The third-order valence-electron chi connectivity index (χ3n) is 2.37. The van der Waals surface area contributed by atoms with Gasteiger partial charge in [-0.2, -0.15) is 0 Å². The minimum atomic E-state index is -0.769. The van der Waals surface area contributed by atoms with Crippen molar-refractivity contribution < 1.29 is 19.4 Å². The predicted octanol–water partition coefficient (Wildman–Crippen LogP) is 1.18. The SMILES string of the molecule is C1COCCO1.O=C(O)N1CCCCC1. The predicted molar refractivity (Wildman–Crippen MR) is 55.1 cm³/mol. The highest BCUT2D eigenvalue weighted by Gasteiger charge is 2.13. The third-order valence-corrected chi connectivity index (χ3v) is 2.37. The summed E-state index contributed by atoms with van der Waals surface area (Å²) in [5, 5.41) is 8.46. The Balaban J connectivity index is 0.000000162. The number of rotatable bonds is 0. The smallest absolute Gasteiger partial charge is 0.407 e. The van der Waals surface area contributed by atoms with Gasteiger partial charge < -0.3 is 19.5 Å². The number of piperidine rings is 1. The van der Waals surface area contributed by atoms with E-state index >= 15 is 0 Å². The van der Waals surface area contributed by atoms with Crippen molar-refractivity contribution in [3.8, 4) is 0 Å². The number of likely N-dealkylation sites (tertiary alicyclic amines) is 1. The molecule has 2 aliphatic rings. The molecule has 0 aromatic carbocycles. The maximum atomic E-state index is 10.3. The van der Waals surface area contributed by atoms with E-state index in [1.54, 1.807) is 0 Å². The molecule has 0 aromatic heterocycles. The molecular weight excluding hydrogens is 198 g/mol. The molecule has 15 heavy (non-hydrogen) atoms. The van der Waals surface area contributed by atoms with Crippen molar-refractivity contribution in [1.82, 2.24) is 4.90 Å². The van der Waals surface area contributed by atoms with Gasteiger partial charge in [-0.05, 0) is 19.3 Å². The number of hydrogen-bond acceptors (Lipinski definition) is 3. The number of carboxylic acid groups (broad SMARTS) is 1. The van der Waals surface area contributed by atoms with Crippen molar-refractivity contribution in [3.05, 3.63) is 0 Å². The fourth-order valence-electron chi connectivity index (χ4n) is 1.53. The van der Waals surface area contributed by atoms with Crippen LogP contribution in [0.25, 0.3) is 0 Å². The molecule has 2 heterocycles. The average molecular weight is 217 g/mol. The van der Waals surface area contributed by atoms with Crippen LogP contribution < -0.4 is 0 Å². The lowest BCUT2D eigenvalue weighted by Crippen LogP contribution is -2.34. The van der Waals surface area contributed by atoms with Gasteiger partial charge >= 0.3 is 6.09 Å². The van der Waals surface area contributed by atoms with Crippen molar-refractivity contribution in [2.45, 2.75) is 19.3 Å². The van der Waals surface area contributed by atoms with Gasteiger partial charge in [0.25, 0.3) is 0 Å². The average Bonchev–Trinajstić information content (AvgIpc) is 2.33. The molecule has 0 aromatic rings. The zero-order valence-electron chi connectivity index (χ0n) is 8.98. The first kappa shape index (κ1) is 12.3. The van der Waals surface area contributed by atoms with E-state index in [0.717, 1.165) is 52.4 Å². The zero-order valence-corrected chi connectivity index (χ0v) is 8.98. The second-order valence-electron chi connectivity index (χ2n) is 3.56. The molecule has 0 radical (unpaired) electrons. The van der Waals surface area contributed by atoms with E-state index in [9.17, 15) is 4.79 Å². The first-order chi connectivity index (χ1) is 7.30. The minimum absolute atomic E-state index is 0.731. The Kier molecular flexibility index (Phi) is 6.11. The lowest BCUT2D eigenvalue weighted by atomic mass is 10.1. The molecule has 0 unspecified atom stereocenters. The molecule has 5 nitrogen and oxygen atoms in total. The molecule has 2 aliphatic heterocycles. The Morgan fingerprint density at radius 1 is 0.933 bits per heavy atom. The number of nitrogens with zero attached hydrogens (tertiary/aromatic N) is 1. The summed E-state index contributed by atoms with van der Waals surface area (Å²) >= 11 is 0. The van der Waals surface area contributed by atoms with Gasteiger partial charge in [0.15, 0.2) is 0 Å². The Hall–Kier alpha value is -0.810. The van der Waals surface area contributed by atoms with Gasteiger partial charge in [-0.15, -0.1) is 0 Å². The van der Waals surface area contributed by atoms with Gasteiger partial charge in [-0.25, -0.2) is 4.79 Å². The molecule has 2 rings (SSSR count). The lowest BCUT2D eigenvalue weighted by Gasteiger charge is -2.22. The van der Waals surface area contributed by atoms with E-state index in [-0.39, 0.29) is 0 Å². The highest BCUT2D eigenvalue weighted by atomic mass is 16.6. The second-order valence-corrected chi connectivity index (χ2v) is 3.56. The van der Waals surface area contributed by atoms with Gasteiger partial charge in [0.05, 0.1) is 26.4 Å². The Morgan fingerprint density at radius 2 is 1.40 bits per heavy atom. The Labute approximate surface area is 90.0 Å². The topological polar surface area (TPSA) is 59.0 Å². The van der Waals surface area contributed by atoms with Crippen molar-refractivity contribution >= 4 is 6.09 Å². The monoisotopic (exact) mass is 217 g/mol. The lowest BCUT2D eigenvalue weighted by molar-refractivity contribution is -0.0334. The van der Waals surface area contributed by atoms with Crippen LogP contribution in [-0.4, -0.2) is 55.6 Å². The Morgan fingerprint density at radius 3 is 1.67 bits per heavy atom. The van der Waals surface area contributed by atoms with Crippen LogP contribution in [0.3, 0.4) is 0 Å². The summed E-state index contributed by atoms with van der Waals surface area (Å²) in [6.45, 7) is 4.57. The molecule has 2 fully saturated rings. The van der Waals surface area contributed by atoms with Crippen LogP contribution >= 0.6 is 0 Å². The van der Waals surface area contributed by atoms with Crippen molar-refractivity contribution in [3.63, 3.8) is 0 Å². The van der Waals surface area contributed by atoms with Crippen LogP contribution in [-0.2, 0) is 9.47 Å². The van der Waals surface area contributed by atoms with Crippen LogP contribution in [0.5, 0.6) is 0 Å². The van der Waals surface area contributed by atoms with Gasteiger partial charge in [-0.1, -0.05) is 0 Å². The summed E-state index contributed by atoms with van der Waals surface area (Å²) in [5.41, 5.74) is 0. The summed E-state index contributed by atoms with van der Waals surface area (Å²) in [6.07, 6.45) is 2.48. The van der Waals surface area contributed by atoms with Gasteiger partial charge in [-0.3, -0.25) is 0 Å².